The van der Waals surface area contributed by atoms with Crippen LogP contribution in [0.4, 0.5) is 0 Å². The Kier molecular flexibility index (Phi) is 5.66. The third-order valence-electron chi connectivity index (χ3n) is 3.48. The van der Waals surface area contributed by atoms with Crippen molar-refractivity contribution in [3.63, 3.8) is 0 Å². The summed E-state index contributed by atoms with van der Waals surface area (Å²) < 4.78 is 5.92. The Morgan fingerprint density at radius 3 is 2.43 bits per heavy atom. The highest BCUT2D eigenvalue weighted by atomic mass is 35.5. The molecule has 0 saturated carbocycles. The molecule has 0 aliphatic carbocycles. The second-order valence-corrected chi connectivity index (χ2v) is 5.65. The van der Waals surface area contributed by atoms with Gasteiger partial charge in [-0.25, -0.2) is 0 Å². The first kappa shape index (κ1) is 15.9. The van der Waals surface area contributed by atoms with Gasteiger partial charge in [-0.2, -0.15) is 0 Å². The van der Waals surface area contributed by atoms with Gasteiger partial charge in [0, 0.05) is 5.02 Å². The van der Waals surface area contributed by atoms with Crippen LogP contribution in [-0.4, -0.2) is 13.2 Å². The van der Waals surface area contributed by atoms with Crippen molar-refractivity contribution in [1.82, 2.24) is 5.32 Å². The quantitative estimate of drug-likeness (QED) is 0.836. The summed E-state index contributed by atoms with van der Waals surface area (Å²) in [6.07, 6.45) is 0. The molecular formula is C18H22ClNO. The van der Waals surface area contributed by atoms with Crippen LogP contribution in [0.2, 0.25) is 5.02 Å². The van der Waals surface area contributed by atoms with Gasteiger partial charge in [0.2, 0.25) is 0 Å². The maximum absolute atomic E-state index is 6.04. The van der Waals surface area contributed by atoms with E-state index >= 15 is 0 Å². The van der Waals surface area contributed by atoms with E-state index in [0.717, 1.165) is 22.9 Å². The van der Waals surface area contributed by atoms with Crippen LogP contribution in [0.1, 0.15) is 29.7 Å². The standard InChI is InChI=1S/C18H22ClNO/c1-4-20-18(15-7-5-13(2)6-8-15)12-21-16-9-10-17(19)14(3)11-16/h5-11,18,20H,4,12H2,1-3H3. The zero-order valence-electron chi connectivity index (χ0n) is 12.8. The number of hydrogen-bond acceptors (Lipinski definition) is 2. The van der Waals surface area contributed by atoms with Gasteiger partial charge < -0.3 is 10.1 Å². The fourth-order valence-electron chi connectivity index (χ4n) is 2.20. The lowest BCUT2D eigenvalue weighted by Crippen LogP contribution is -2.26. The lowest BCUT2D eigenvalue weighted by Gasteiger charge is -2.19. The van der Waals surface area contributed by atoms with Crippen LogP contribution >= 0.6 is 11.6 Å². The van der Waals surface area contributed by atoms with Crippen molar-refractivity contribution in [2.24, 2.45) is 0 Å². The van der Waals surface area contributed by atoms with Gasteiger partial charge in [0.25, 0.3) is 0 Å². The third kappa shape index (κ3) is 4.48. The minimum Gasteiger partial charge on any atom is -0.492 e. The van der Waals surface area contributed by atoms with Crippen molar-refractivity contribution in [2.45, 2.75) is 26.8 Å². The summed E-state index contributed by atoms with van der Waals surface area (Å²) in [6, 6.07) is 14.5. The number of aryl methyl sites for hydroxylation is 2. The van der Waals surface area contributed by atoms with E-state index in [1.807, 2.05) is 25.1 Å². The van der Waals surface area contributed by atoms with E-state index in [9.17, 15) is 0 Å². The molecule has 1 atom stereocenters. The van der Waals surface area contributed by atoms with Crippen molar-refractivity contribution in [1.29, 1.82) is 0 Å². The minimum absolute atomic E-state index is 0.187. The molecule has 3 heteroatoms. The van der Waals surface area contributed by atoms with E-state index in [1.54, 1.807) is 0 Å². The van der Waals surface area contributed by atoms with E-state index in [2.05, 4.69) is 43.4 Å². The SMILES string of the molecule is CCNC(COc1ccc(Cl)c(C)c1)c1ccc(C)cc1. The Balaban J connectivity index is 2.05. The van der Waals surface area contributed by atoms with Crippen LogP contribution in [0.25, 0.3) is 0 Å². The average Bonchev–Trinajstić information content (AvgIpc) is 2.48. The molecule has 2 nitrogen and oxygen atoms in total. The molecule has 0 aromatic heterocycles. The van der Waals surface area contributed by atoms with E-state index in [1.165, 1.54) is 11.1 Å². The maximum atomic E-state index is 6.04. The normalized spacial score (nSPS) is 12.2. The zero-order chi connectivity index (χ0) is 15.2. The van der Waals surface area contributed by atoms with Crippen molar-refractivity contribution >= 4 is 11.6 Å². The second kappa shape index (κ2) is 7.48. The number of benzene rings is 2. The first-order valence-corrected chi connectivity index (χ1v) is 7.67. The molecule has 0 amide bonds. The highest BCUT2D eigenvalue weighted by molar-refractivity contribution is 6.31. The van der Waals surface area contributed by atoms with Gasteiger partial charge in [0.1, 0.15) is 12.4 Å². The molecule has 2 aromatic carbocycles. The second-order valence-electron chi connectivity index (χ2n) is 5.24. The lowest BCUT2D eigenvalue weighted by atomic mass is 10.1. The molecule has 0 spiro atoms. The van der Waals surface area contributed by atoms with E-state index < -0.39 is 0 Å². The molecule has 0 aliphatic rings. The third-order valence-corrected chi connectivity index (χ3v) is 3.90. The predicted octanol–water partition coefficient (Wildman–Crippen LogP) is 4.69. The number of rotatable bonds is 6. The Bertz CT molecular complexity index is 580. The van der Waals surface area contributed by atoms with Gasteiger partial charge in [0.05, 0.1) is 6.04 Å². The minimum atomic E-state index is 0.187. The van der Waals surface area contributed by atoms with Crippen molar-refractivity contribution in [3.05, 3.63) is 64.2 Å². The average molecular weight is 304 g/mol. The summed E-state index contributed by atoms with van der Waals surface area (Å²) in [5.74, 6) is 0.854. The largest absolute Gasteiger partial charge is 0.492 e. The molecule has 0 radical (unpaired) electrons. The molecule has 0 bridgehead atoms. The smallest absolute Gasteiger partial charge is 0.119 e. The highest BCUT2D eigenvalue weighted by Gasteiger charge is 2.11. The van der Waals surface area contributed by atoms with Crippen LogP contribution in [-0.2, 0) is 0 Å². The van der Waals surface area contributed by atoms with Crippen LogP contribution in [0.3, 0.4) is 0 Å². The molecule has 1 N–H and O–H groups in total. The van der Waals surface area contributed by atoms with Crippen LogP contribution < -0.4 is 10.1 Å². The number of ether oxygens (including phenoxy) is 1. The Morgan fingerprint density at radius 1 is 1.10 bits per heavy atom. The molecule has 0 fully saturated rings. The van der Waals surface area contributed by atoms with E-state index in [4.69, 9.17) is 16.3 Å². The van der Waals surface area contributed by atoms with Gasteiger partial charge in [-0.1, -0.05) is 48.4 Å². The number of halogens is 1. The number of hydrogen-bond donors (Lipinski definition) is 1. The van der Waals surface area contributed by atoms with Gasteiger partial charge in [-0.3, -0.25) is 0 Å². The van der Waals surface area contributed by atoms with Crippen LogP contribution in [0.15, 0.2) is 42.5 Å². The summed E-state index contributed by atoms with van der Waals surface area (Å²) in [4.78, 5) is 0. The molecule has 2 rings (SSSR count). The molecule has 2 aromatic rings. The fraction of sp³-hybridized carbons (Fsp3) is 0.333. The maximum Gasteiger partial charge on any atom is 0.119 e. The molecule has 1 unspecified atom stereocenters. The van der Waals surface area contributed by atoms with Crippen molar-refractivity contribution in [2.75, 3.05) is 13.2 Å². The van der Waals surface area contributed by atoms with E-state index in [0.29, 0.717) is 6.61 Å². The van der Waals surface area contributed by atoms with Gasteiger partial charge in [-0.15, -0.1) is 0 Å². The fourth-order valence-corrected chi connectivity index (χ4v) is 2.32. The molecule has 0 saturated heterocycles. The summed E-state index contributed by atoms with van der Waals surface area (Å²) in [5, 5.41) is 4.23. The molecule has 0 aliphatic heterocycles. The Morgan fingerprint density at radius 2 is 1.81 bits per heavy atom. The lowest BCUT2D eigenvalue weighted by molar-refractivity contribution is 0.268. The predicted molar refractivity (Wildman–Crippen MR) is 89.3 cm³/mol. The Labute approximate surface area is 132 Å². The first-order chi connectivity index (χ1) is 10.1. The van der Waals surface area contributed by atoms with Gasteiger partial charge in [-0.05, 0) is 49.7 Å². The highest BCUT2D eigenvalue weighted by Crippen LogP contribution is 2.22. The van der Waals surface area contributed by atoms with Crippen LogP contribution in [0.5, 0.6) is 5.75 Å². The Hall–Kier alpha value is -1.51. The summed E-state index contributed by atoms with van der Waals surface area (Å²) in [5.41, 5.74) is 3.54. The summed E-state index contributed by atoms with van der Waals surface area (Å²) >= 11 is 6.04. The number of likely N-dealkylation sites (N-methyl/N-ethyl adjacent to an activating group) is 1. The monoisotopic (exact) mass is 303 g/mol. The van der Waals surface area contributed by atoms with Crippen LogP contribution in [0, 0.1) is 13.8 Å². The van der Waals surface area contributed by atoms with Gasteiger partial charge >= 0.3 is 0 Å². The molecule has 0 heterocycles. The zero-order valence-corrected chi connectivity index (χ0v) is 13.6. The van der Waals surface area contributed by atoms with Gasteiger partial charge in [0.15, 0.2) is 0 Å². The first-order valence-electron chi connectivity index (χ1n) is 7.29. The van der Waals surface area contributed by atoms with Crippen molar-refractivity contribution < 1.29 is 4.74 Å². The summed E-state index contributed by atoms with van der Waals surface area (Å²) in [7, 11) is 0. The molecule has 112 valence electrons. The van der Waals surface area contributed by atoms with E-state index in [-0.39, 0.29) is 6.04 Å². The molecular weight excluding hydrogens is 282 g/mol. The summed E-state index contributed by atoms with van der Waals surface area (Å²) in [6.45, 7) is 7.68. The topological polar surface area (TPSA) is 21.3 Å². The number of nitrogens with one attached hydrogen (secondary N) is 1. The molecule has 21 heavy (non-hydrogen) atoms. The van der Waals surface area contributed by atoms with Crippen molar-refractivity contribution in [3.8, 4) is 5.75 Å².